The van der Waals surface area contributed by atoms with Crippen molar-refractivity contribution in [3.63, 3.8) is 0 Å². The Morgan fingerprint density at radius 1 is 1.44 bits per heavy atom. The molecule has 0 aliphatic rings. The Balaban J connectivity index is 3.55. The minimum absolute atomic E-state index is 0.0349. The molecule has 0 aliphatic heterocycles. The highest BCUT2D eigenvalue weighted by Gasteiger charge is 2.19. The number of aldehydes is 1. The van der Waals surface area contributed by atoms with Crippen molar-refractivity contribution in [2.75, 3.05) is 0 Å². The fourth-order valence-corrected chi connectivity index (χ4v) is 1.33. The molecule has 0 fully saturated rings. The summed E-state index contributed by atoms with van der Waals surface area (Å²) in [5.74, 6) is -1.29. The number of carboxylic acids is 1. The van der Waals surface area contributed by atoms with Crippen LogP contribution in [0.3, 0.4) is 0 Å². The van der Waals surface area contributed by atoms with E-state index in [1.165, 1.54) is 0 Å². The monoisotopic (exact) mass is 246 g/mol. The van der Waals surface area contributed by atoms with Gasteiger partial charge in [-0.3, -0.25) is 14.9 Å². The molecule has 0 heterocycles. The van der Waals surface area contributed by atoms with E-state index in [0.29, 0.717) is 6.08 Å². The first kappa shape index (κ1) is 13.1. The van der Waals surface area contributed by atoms with Crippen LogP contribution in [0, 0.1) is 21.4 Å². The van der Waals surface area contributed by atoms with Gasteiger partial charge in [0, 0.05) is 6.08 Å². The lowest BCUT2D eigenvalue weighted by Crippen LogP contribution is -1.99. The smallest absolute Gasteiger partial charge is 0.328 e. The molecule has 1 aromatic rings. The third-order valence-corrected chi connectivity index (χ3v) is 2.01. The molecule has 0 unspecified atom stereocenters. The number of nitro groups is 1. The molecular formula is C11H6N2O5. The van der Waals surface area contributed by atoms with Crippen molar-refractivity contribution in [3.8, 4) is 6.07 Å². The average molecular weight is 246 g/mol. The summed E-state index contributed by atoms with van der Waals surface area (Å²) in [5.41, 5.74) is -0.873. The third kappa shape index (κ3) is 2.76. The van der Waals surface area contributed by atoms with Crippen LogP contribution in [0.2, 0.25) is 0 Å². The van der Waals surface area contributed by atoms with E-state index in [0.717, 1.165) is 18.2 Å². The van der Waals surface area contributed by atoms with Crippen LogP contribution in [0.4, 0.5) is 5.69 Å². The molecule has 0 bridgehead atoms. The molecule has 1 N–H and O–H groups in total. The van der Waals surface area contributed by atoms with E-state index < -0.39 is 16.6 Å². The van der Waals surface area contributed by atoms with Crippen molar-refractivity contribution in [1.82, 2.24) is 0 Å². The molecule has 0 aliphatic carbocycles. The fourth-order valence-electron chi connectivity index (χ4n) is 1.33. The van der Waals surface area contributed by atoms with E-state index >= 15 is 0 Å². The summed E-state index contributed by atoms with van der Waals surface area (Å²) in [5, 5.41) is 28.0. The number of aliphatic carboxylic acids is 1. The first-order valence-electron chi connectivity index (χ1n) is 4.58. The minimum Gasteiger partial charge on any atom is -0.478 e. The second-order valence-corrected chi connectivity index (χ2v) is 3.16. The van der Waals surface area contributed by atoms with Gasteiger partial charge in [-0.15, -0.1) is 0 Å². The number of nitriles is 1. The van der Waals surface area contributed by atoms with E-state index in [1.54, 1.807) is 6.07 Å². The van der Waals surface area contributed by atoms with Crippen LogP contribution in [0.1, 0.15) is 21.5 Å². The summed E-state index contributed by atoms with van der Waals surface area (Å²) in [6.07, 6.45) is 1.91. The number of rotatable bonds is 4. The fraction of sp³-hybridized carbons (Fsp3) is 0. The highest BCUT2D eigenvalue weighted by atomic mass is 16.6. The van der Waals surface area contributed by atoms with Crippen molar-refractivity contribution in [3.05, 3.63) is 45.0 Å². The summed E-state index contributed by atoms with van der Waals surface area (Å²) in [6.45, 7) is 0. The molecule has 0 aromatic heterocycles. The number of carboxylic acid groups (broad SMARTS) is 1. The van der Waals surface area contributed by atoms with Gasteiger partial charge in [0.1, 0.15) is 0 Å². The molecule has 0 saturated carbocycles. The minimum atomic E-state index is -1.29. The Morgan fingerprint density at radius 2 is 2.06 bits per heavy atom. The zero-order valence-corrected chi connectivity index (χ0v) is 8.86. The molecule has 0 spiro atoms. The zero-order valence-electron chi connectivity index (χ0n) is 8.86. The molecule has 90 valence electrons. The van der Waals surface area contributed by atoms with Gasteiger partial charge in [-0.05, 0) is 18.2 Å². The Hall–Kier alpha value is -3.01. The topological polar surface area (TPSA) is 121 Å². The first-order chi connectivity index (χ1) is 8.49. The normalized spacial score (nSPS) is 9.94. The van der Waals surface area contributed by atoms with Crippen molar-refractivity contribution in [2.45, 2.75) is 0 Å². The van der Waals surface area contributed by atoms with E-state index in [9.17, 15) is 19.7 Å². The Bertz CT molecular complexity index is 598. The first-order valence-corrected chi connectivity index (χ1v) is 4.58. The van der Waals surface area contributed by atoms with Crippen LogP contribution in [-0.2, 0) is 4.79 Å². The molecule has 1 aromatic carbocycles. The predicted octanol–water partition coefficient (Wildman–Crippen LogP) is 1.38. The number of nitro benzene ring substituents is 1. The molecule has 0 amide bonds. The number of carbonyl (C=O) groups excluding carboxylic acids is 1. The van der Waals surface area contributed by atoms with Gasteiger partial charge in [0.25, 0.3) is 5.69 Å². The number of hydrogen-bond donors (Lipinski definition) is 1. The SMILES string of the molecule is N#Cc1cc(C=O)c([N+](=O)[O-])c(/C=C/C(=O)O)c1. The van der Waals surface area contributed by atoms with Gasteiger partial charge in [-0.2, -0.15) is 5.26 Å². The second kappa shape index (κ2) is 5.36. The van der Waals surface area contributed by atoms with Crippen LogP contribution >= 0.6 is 0 Å². The lowest BCUT2D eigenvalue weighted by atomic mass is 10.0. The average Bonchev–Trinajstić information content (AvgIpc) is 2.34. The maximum atomic E-state index is 10.8. The van der Waals surface area contributed by atoms with Crippen molar-refractivity contribution in [1.29, 1.82) is 5.26 Å². The standard InChI is InChI=1S/C11H6N2O5/c12-5-7-3-8(1-2-10(15)16)11(13(17)18)9(4-7)6-14/h1-4,6H,(H,15,16)/b2-1+. The van der Waals surface area contributed by atoms with Crippen LogP contribution in [0.15, 0.2) is 18.2 Å². The van der Waals surface area contributed by atoms with Crippen molar-refractivity contribution in [2.24, 2.45) is 0 Å². The van der Waals surface area contributed by atoms with Crippen LogP contribution in [0.5, 0.6) is 0 Å². The van der Waals surface area contributed by atoms with Crippen LogP contribution < -0.4 is 0 Å². The molecular weight excluding hydrogens is 240 g/mol. The molecule has 7 nitrogen and oxygen atoms in total. The van der Waals surface area contributed by atoms with Crippen LogP contribution in [0.25, 0.3) is 6.08 Å². The van der Waals surface area contributed by atoms with Crippen LogP contribution in [-0.4, -0.2) is 22.3 Å². The number of nitrogens with zero attached hydrogens (tertiary/aromatic N) is 2. The number of benzene rings is 1. The molecule has 0 atom stereocenters. The number of hydrogen-bond acceptors (Lipinski definition) is 5. The van der Waals surface area contributed by atoms with E-state index in [4.69, 9.17) is 10.4 Å². The summed E-state index contributed by atoms with van der Waals surface area (Å²) in [6, 6.07) is 3.95. The van der Waals surface area contributed by atoms with Gasteiger partial charge in [0.15, 0.2) is 6.29 Å². The quantitative estimate of drug-likeness (QED) is 0.370. The Kier molecular flexibility index (Phi) is 3.89. The maximum Gasteiger partial charge on any atom is 0.328 e. The summed E-state index contributed by atoms with van der Waals surface area (Å²) in [4.78, 5) is 31.1. The third-order valence-electron chi connectivity index (χ3n) is 2.01. The Labute approximate surface area is 101 Å². The van der Waals surface area contributed by atoms with E-state index in [-0.39, 0.29) is 23.0 Å². The Morgan fingerprint density at radius 3 is 2.50 bits per heavy atom. The van der Waals surface area contributed by atoms with Crippen molar-refractivity contribution < 1.29 is 19.6 Å². The van der Waals surface area contributed by atoms with Gasteiger partial charge in [0.2, 0.25) is 0 Å². The van der Waals surface area contributed by atoms with E-state index in [1.807, 2.05) is 0 Å². The van der Waals surface area contributed by atoms with E-state index in [2.05, 4.69) is 0 Å². The van der Waals surface area contributed by atoms with Gasteiger partial charge in [-0.1, -0.05) is 0 Å². The molecule has 1 rings (SSSR count). The lowest BCUT2D eigenvalue weighted by molar-refractivity contribution is -0.385. The zero-order chi connectivity index (χ0) is 13.7. The molecule has 0 saturated heterocycles. The summed E-state index contributed by atoms with van der Waals surface area (Å²) in [7, 11) is 0. The van der Waals surface area contributed by atoms with Gasteiger partial charge in [0.05, 0.1) is 27.7 Å². The van der Waals surface area contributed by atoms with Crippen molar-refractivity contribution >= 4 is 24.0 Å². The number of carbonyl (C=O) groups is 2. The molecule has 7 heteroatoms. The van der Waals surface area contributed by atoms with Gasteiger partial charge >= 0.3 is 5.97 Å². The maximum absolute atomic E-state index is 10.8. The lowest BCUT2D eigenvalue weighted by Gasteiger charge is -2.01. The highest BCUT2D eigenvalue weighted by Crippen LogP contribution is 2.25. The molecule has 18 heavy (non-hydrogen) atoms. The molecule has 0 radical (unpaired) electrons. The second-order valence-electron chi connectivity index (χ2n) is 3.16. The summed E-state index contributed by atoms with van der Waals surface area (Å²) < 4.78 is 0. The summed E-state index contributed by atoms with van der Waals surface area (Å²) >= 11 is 0. The predicted molar refractivity (Wildman–Crippen MR) is 59.9 cm³/mol. The van der Waals surface area contributed by atoms with Gasteiger partial charge < -0.3 is 5.11 Å². The largest absolute Gasteiger partial charge is 0.478 e. The highest BCUT2D eigenvalue weighted by molar-refractivity contribution is 5.90. The van der Waals surface area contributed by atoms with Gasteiger partial charge in [-0.25, -0.2) is 4.79 Å².